The van der Waals surface area contributed by atoms with Crippen LogP contribution in [-0.2, 0) is 14.3 Å². The van der Waals surface area contributed by atoms with E-state index in [0.29, 0.717) is 24.5 Å². The van der Waals surface area contributed by atoms with E-state index in [9.17, 15) is 14.0 Å². The number of halogens is 1. The maximum atomic E-state index is 14.8. The van der Waals surface area contributed by atoms with Crippen molar-refractivity contribution in [3.63, 3.8) is 0 Å². The lowest BCUT2D eigenvalue weighted by Gasteiger charge is -2.24. The van der Waals surface area contributed by atoms with E-state index in [1.165, 1.54) is 17.9 Å². The first-order chi connectivity index (χ1) is 14.4. The molecule has 3 aliphatic rings. The van der Waals surface area contributed by atoms with Crippen LogP contribution in [0.1, 0.15) is 6.92 Å². The number of hydrogen-bond acceptors (Lipinski definition) is 7. The Kier molecular flexibility index (Phi) is 5.50. The highest BCUT2D eigenvalue weighted by Gasteiger charge is 2.59. The molecule has 9 nitrogen and oxygen atoms in total. The first kappa shape index (κ1) is 20.4. The zero-order valence-electron chi connectivity index (χ0n) is 16.6. The minimum atomic E-state index is -0.566. The second kappa shape index (κ2) is 8.10. The number of nitrogens with one attached hydrogen (secondary N) is 2. The number of anilines is 2. The first-order valence-electron chi connectivity index (χ1n) is 9.98. The predicted molar refractivity (Wildman–Crippen MR) is 106 cm³/mol. The molecule has 2 unspecified atom stereocenters. The molecule has 2 amide bonds. The van der Waals surface area contributed by atoms with Gasteiger partial charge in [-0.3, -0.25) is 15.1 Å². The maximum Gasteiger partial charge on any atom is 0.414 e. The molecular weight excluding hydrogens is 395 g/mol. The minimum absolute atomic E-state index is 0.0510. The minimum Gasteiger partial charge on any atom is -0.478 e. The van der Waals surface area contributed by atoms with E-state index < -0.39 is 18.0 Å². The van der Waals surface area contributed by atoms with Gasteiger partial charge in [0.05, 0.1) is 31.1 Å². The van der Waals surface area contributed by atoms with Crippen LogP contribution in [-0.4, -0.2) is 68.5 Å². The number of fused-ring (bicyclic) bond motifs is 1. The molecule has 2 saturated heterocycles. The average Bonchev–Trinajstić information content (AvgIpc) is 3.03. The van der Waals surface area contributed by atoms with Crippen LogP contribution in [0.15, 0.2) is 18.2 Å². The molecule has 1 aromatic carbocycles. The fourth-order valence-corrected chi connectivity index (χ4v) is 4.38. The second-order valence-corrected chi connectivity index (χ2v) is 7.88. The summed E-state index contributed by atoms with van der Waals surface area (Å²) in [4.78, 5) is 26.4. The summed E-state index contributed by atoms with van der Waals surface area (Å²) in [5.74, 6) is 0.152. The van der Waals surface area contributed by atoms with Gasteiger partial charge in [0.2, 0.25) is 5.91 Å². The van der Waals surface area contributed by atoms with Crippen LogP contribution in [0.5, 0.6) is 0 Å². The second-order valence-electron chi connectivity index (χ2n) is 7.88. The van der Waals surface area contributed by atoms with Crippen molar-refractivity contribution in [2.45, 2.75) is 13.0 Å². The summed E-state index contributed by atoms with van der Waals surface area (Å²) in [6.45, 7) is 3.13. The molecule has 162 valence electrons. The van der Waals surface area contributed by atoms with Gasteiger partial charge in [-0.2, -0.15) is 0 Å². The average molecular weight is 420 g/mol. The van der Waals surface area contributed by atoms with Gasteiger partial charge in [-0.05, 0) is 30.0 Å². The van der Waals surface area contributed by atoms with E-state index >= 15 is 0 Å². The predicted octanol–water partition coefficient (Wildman–Crippen LogP) is 0.955. The Morgan fingerprint density at radius 1 is 1.37 bits per heavy atom. The number of hydrogen-bond donors (Lipinski definition) is 3. The summed E-state index contributed by atoms with van der Waals surface area (Å²) in [7, 11) is 0. The van der Waals surface area contributed by atoms with Crippen molar-refractivity contribution < 1.29 is 28.6 Å². The number of carbonyl (C=O) groups excluding carboxylic acids is 2. The largest absolute Gasteiger partial charge is 0.478 e. The molecule has 1 aliphatic carbocycles. The van der Waals surface area contributed by atoms with Gasteiger partial charge in [-0.15, -0.1) is 0 Å². The standard InChI is InChI=1S/C20H25FN4O5/c1-11(27)23-7-13-8-25(20(28)30-13)12-2-3-17(16(21)6-12)24-9-14-15(10-24)18(14)19(22)29-5-4-26/h2-3,6,13-15,18,22,26H,4-5,7-10H2,1H3,(H,23,27)/t13-,14?,15?,18?/m0/s1. The lowest BCUT2D eigenvalue weighted by Crippen LogP contribution is -2.33. The van der Waals surface area contributed by atoms with Crippen molar-refractivity contribution in [2.75, 3.05) is 49.2 Å². The zero-order chi connectivity index (χ0) is 21.4. The molecule has 2 aliphatic heterocycles. The highest BCUT2D eigenvalue weighted by Crippen LogP contribution is 2.53. The van der Waals surface area contributed by atoms with Crippen molar-refractivity contribution in [3.05, 3.63) is 24.0 Å². The number of cyclic esters (lactones) is 1. The SMILES string of the molecule is CC(=O)NC[C@H]1CN(c2ccc(N3CC4C(C3)C4C(=N)OCCO)c(F)c2)C(=O)O1. The quantitative estimate of drug-likeness (QED) is 0.447. The molecule has 3 atom stereocenters. The molecule has 4 rings (SSSR count). The van der Waals surface area contributed by atoms with E-state index in [1.54, 1.807) is 12.1 Å². The van der Waals surface area contributed by atoms with Gasteiger partial charge in [0.25, 0.3) is 0 Å². The first-order valence-corrected chi connectivity index (χ1v) is 9.98. The number of piperidine rings is 1. The van der Waals surface area contributed by atoms with Crippen LogP contribution in [0.3, 0.4) is 0 Å². The maximum absolute atomic E-state index is 14.8. The summed E-state index contributed by atoms with van der Waals surface area (Å²) in [5.41, 5.74) is 0.878. The Morgan fingerprint density at radius 2 is 2.10 bits per heavy atom. The Balaban J connectivity index is 1.36. The van der Waals surface area contributed by atoms with E-state index in [4.69, 9.17) is 20.0 Å². The topological polar surface area (TPSA) is 115 Å². The van der Waals surface area contributed by atoms with Gasteiger partial charge in [0, 0.05) is 25.9 Å². The molecule has 2 heterocycles. The fraction of sp³-hybridized carbons (Fsp3) is 0.550. The van der Waals surface area contributed by atoms with Crippen molar-refractivity contribution in [2.24, 2.45) is 17.8 Å². The van der Waals surface area contributed by atoms with Crippen LogP contribution in [0.2, 0.25) is 0 Å². The number of aliphatic hydroxyl groups is 1. The lowest BCUT2D eigenvalue weighted by atomic mass is 10.2. The van der Waals surface area contributed by atoms with Gasteiger partial charge in [-0.25, -0.2) is 9.18 Å². The summed E-state index contributed by atoms with van der Waals surface area (Å²) in [5, 5.41) is 19.3. The number of rotatable bonds is 7. The van der Waals surface area contributed by atoms with Crippen molar-refractivity contribution in [1.29, 1.82) is 5.41 Å². The summed E-state index contributed by atoms with van der Waals surface area (Å²) < 4.78 is 25.3. The van der Waals surface area contributed by atoms with Crippen molar-refractivity contribution >= 4 is 29.3 Å². The monoisotopic (exact) mass is 420 g/mol. The molecule has 3 N–H and O–H groups in total. The number of aliphatic hydroxyl groups excluding tert-OH is 1. The molecule has 0 radical (unpaired) electrons. The van der Waals surface area contributed by atoms with Gasteiger partial charge >= 0.3 is 6.09 Å². The molecule has 10 heteroatoms. The zero-order valence-corrected chi connectivity index (χ0v) is 16.6. The third kappa shape index (κ3) is 3.91. The van der Waals surface area contributed by atoms with Crippen LogP contribution < -0.4 is 15.1 Å². The molecule has 1 aromatic rings. The van der Waals surface area contributed by atoms with E-state index in [0.717, 1.165) is 0 Å². The van der Waals surface area contributed by atoms with Gasteiger partial charge < -0.3 is 24.8 Å². The molecule has 1 saturated carbocycles. The molecular formula is C20H25FN4O5. The number of carbonyl (C=O) groups is 2. The normalized spacial score (nSPS) is 27.0. The van der Waals surface area contributed by atoms with Gasteiger partial charge in [-0.1, -0.05) is 0 Å². The number of nitrogens with zero attached hydrogens (tertiary/aromatic N) is 2. The fourth-order valence-electron chi connectivity index (χ4n) is 4.38. The van der Waals surface area contributed by atoms with E-state index in [-0.39, 0.29) is 55.9 Å². The summed E-state index contributed by atoms with van der Waals surface area (Å²) in [6, 6.07) is 4.67. The van der Waals surface area contributed by atoms with Crippen LogP contribution >= 0.6 is 0 Å². The van der Waals surface area contributed by atoms with E-state index in [2.05, 4.69) is 5.32 Å². The number of benzene rings is 1. The Bertz CT molecular complexity index is 854. The molecule has 0 spiro atoms. The molecule has 0 aromatic heterocycles. The smallest absolute Gasteiger partial charge is 0.414 e. The molecule has 3 fully saturated rings. The Hall–Kier alpha value is -2.88. The van der Waals surface area contributed by atoms with Crippen LogP contribution in [0.4, 0.5) is 20.6 Å². The van der Waals surface area contributed by atoms with E-state index in [1.807, 2.05) is 4.90 Å². The van der Waals surface area contributed by atoms with Crippen LogP contribution in [0.25, 0.3) is 0 Å². The highest BCUT2D eigenvalue weighted by atomic mass is 19.1. The lowest BCUT2D eigenvalue weighted by molar-refractivity contribution is -0.119. The summed E-state index contributed by atoms with van der Waals surface area (Å²) >= 11 is 0. The third-order valence-electron chi connectivity index (χ3n) is 5.88. The Labute approximate surface area is 173 Å². The van der Waals surface area contributed by atoms with Crippen molar-refractivity contribution in [3.8, 4) is 0 Å². The van der Waals surface area contributed by atoms with Crippen LogP contribution in [0, 0.1) is 29.0 Å². The number of ether oxygens (including phenoxy) is 2. The Morgan fingerprint density at radius 3 is 2.73 bits per heavy atom. The van der Waals surface area contributed by atoms with Gasteiger partial charge in [0.15, 0.2) is 5.90 Å². The van der Waals surface area contributed by atoms with Gasteiger partial charge in [0.1, 0.15) is 18.5 Å². The highest BCUT2D eigenvalue weighted by molar-refractivity contribution is 5.90. The van der Waals surface area contributed by atoms with Crippen molar-refractivity contribution in [1.82, 2.24) is 5.32 Å². The third-order valence-corrected chi connectivity index (χ3v) is 5.88. The number of amides is 2. The molecule has 0 bridgehead atoms. The molecule has 30 heavy (non-hydrogen) atoms. The summed E-state index contributed by atoms with van der Waals surface area (Å²) in [6.07, 6.45) is -1.04.